The number of rotatable bonds is 4. The SMILES string of the molecule is CC(C)NC(=O)N1CCN(S(=O)(=O)Cc2ccccc2)CC2(CNC(=O)C2)C1. The van der Waals surface area contributed by atoms with Crippen molar-refractivity contribution in [1.82, 2.24) is 19.8 Å². The van der Waals surface area contributed by atoms with E-state index < -0.39 is 15.4 Å². The molecule has 0 bridgehead atoms. The standard InChI is InChI=1S/C19H28N4O4S/c1-15(2)21-18(25)22-8-9-23(14-19(13-22)10-17(24)20-12-19)28(26,27)11-16-6-4-3-5-7-16/h3-7,15H,8-14H2,1-2H3,(H,20,24)(H,21,25). The summed E-state index contributed by atoms with van der Waals surface area (Å²) in [5, 5.41) is 5.68. The molecule has 3 amide bonds. The molecule has 2 aliphatic heterocycles. The maximum Gasteiger partial charge on any atom is 0.317 e. The number of hydrogen-bond donors (Lipinski definition) is 2. The van der Waals surface area contributed by atoms with Crippen LogP contribution in [0.15, 0.2) is 30.3 Å². The highest BCUT2D eigenvalue weighted by Crippen LogP contribution is 2.32. The number of carbonyl (C=O) groups excluding carboxylic acids is 2. The maximum atomic E-state index is 13.1. The van der Waals surface area contributed by atoms with Gasteiger partial charge in [-0.2, -0.15) is 4.31 Å². The van der Waals surface area contributed by atoms with Crippen LogP contribution in [0.1, 0.15) is 25.8 Å². The molecule has 2 saturated heterocycles. The molecule has 154 valence electrons. The van der Waals surface area contributed by atoms with E-state index in [1.807, 2.05) is 32.0 Å². The minimum absolute atomic E-state index is 0.0204. The topological polar surface area (TPSA) is 98.8 Å². The van der Waals surface area contributed by atoms with E-state index in [2.05, 4.69) is 10.6 Å². The van der Waals surface area contributed by atoms with Crippen LogP contribution in [-0.2, 0) is 20.6 Å². The van der Waals surface area contributed by atoms with E-state index in [0.717, 1.165) is 5.56 Å². The number of sulfonamides is 1. The van der Waals surface area contributed by atoms with Crippen molar-refractivity contribution in [3.8, 4) is 0 Å². The monoisotopic (exact) mass is 408 g/mol. The third-order valence-corrected chi connectivity index (χ3v) is 6.93. The van der Waals surface area contributed by atoms with Crippen molar-refractivity contribution in [3.63, 3.8) is 0 Å². The Morgan fingerprint density at radius 3 is 2.54 bits per heavy atom. The van der Waals surface area contributed by atoms with E-state index in [1.165, 1.54) is 4.31 Å². The van der Waals surface area contributed by atoms with Gasteiger partial charge < -0.3 is 15.5 Å². The Morgan fingerprint density at radius 2 is 1.93 bits per heavy atom. The summed E-state index contributed by atoms with van der Waals surface area (Å²) in [6, 6.07) is 8.79. The molecule has 1 atom stereocenters. The second-order valence-corrected chi connectivity index (χ2v) is 10.0. The predicted octanol–water partition coefficient (Wildman–Crippen LogP) is 0.758. The van der Waals surface area contributed by atoms with Gasteiger partial charge in [0.2, 0.25) is 15.9 Å². The van der Waals surface area contributed by atoms with Gasteiger partial charge in [-0.1, -0.05) is 30.3 Å². The first-order chi connectivity index (χ1) is 13.2. The highest BCUT2D eigenvalue weighted by Gasteiger charge is 2.46. The molecular formula is C19H28N4O4S. The lowest BCUT2D eigenvalue weighted by molar-refractivity contribution is -0.119. The molecule has 9 heteroatoms. The van der Waals surface area contributed by atoms with E-state index in [0.29, 0.717) is 19.6 Å². The van der Waals surface area contributed by atoms with Crippen molar-refractivity contribution in [2.75, 3.05) is 32.7 Å². The Bertz CT molecular complexity index is 828. The van der Waals surface area contributed by atoms with Gasteiger partial charge in [0.15, 0.2) is 0 Å². The fourth-order valence-corrected chi connectivity index (χ4v) is 5.45. The van der Waals surface area contributed by atoms with Crippen LogP contribution in [-0.4, -0.2) is 68.3 Å². The summed E-state index contributed by atoms with van der Waals surface area (Å²) in [5.74, 6) is -0.199. The van der Waals surface area contributed by atoms with Crippen LogP contribution in [0, 0.1) is 5.41 Å². The van der Waals surface area contributed by atoms with Gasteiger partial charge in [-0.15, -0.1) is 0 Å². The Labute approximate surface area is 166 Å². The molecule has 8 nitrogen and oxygen atoms in total. The van der Waals surface area contributed by atoms with Crippen LogP contribution >= 0.6 is 0 Å². The molecule has 0 radical (unpaired) electrons. The van der Waals surface area contributed by atoms with Crippen LogP contribution in [0.25, 0.3) is 0 Å². The van der Waals surface area contributed by atoms with E-state index in [-0.39, 0.29) is 43.2 Å². The summed E-state index contributed by atoms with van der Waals surface area (Å²) in [4.78, 5) is 26.1. The van der Waals surface area contributed by atoms with Gasteiger partial charge in [0, 0.05) is 50.6 Å². The first-order valence-electron chi connectivity index (χ1n) is 9.53. The zero-order valence-electron chi connectivity index (χ0n) is 16.3. The van der Waals surface area contributed by atoms with Crippen LogP contribution < -0.4 is 10.6 Å². The van der Waals surface area contributed by atoms with Gasteiger partial charge in [-0.05, 0) is 19.4 Å². The van der Waals surface area contributed by atoms with Crippen molar-refractivity contribution >= 4 is 22.0 Å². The lowest BCUT2D eigenvalue weighted by Crippen LogP contribution is -2.48. The molecule has 3 rings (SSSR count). The quantitative estimate of drug-likeness (QED) is 0.768. The summed E-state index contributed by atoms with van der Waals surface area (Å²) in [7, 11) is -3.58. The summed E-state index contributed by atoms with van der Waals surface area (Å²) in [5.41, 5.74) is 0.113. The largest absolute Gasteiger partial charge is 0.355 e. The second-order valence-electron chi connectivity index (χ2n) is 8.05. The molecule has 2 aliphatic rings. The van der Waals surface area contributed by atoms with Crippen molar-refractivity contribution in [2.24, 2.45) is 5.41 Å². The summed E-state index contributed by atoms with van der Waals surface area (Å²) < 4.78 is 27.6. The average Bonchev–Trinajstić information content (AvgIpc) is 2.85. The van der Waals surface area contributed by atoms with Gasteiger partial charge in [0.25, 0.3) is 0 Å². The van der Waals surface area contributed by atoms with Crippen molar-refractivity contribution in [2.45, 2.75) is 32.1 Å². The summed E-state index contributed by atoms with van der Waals surface area (Å²) in [6.45, 7) is 5.22. The van der Waals surface area contributed by atoms with Crippen molar-refractivity contribution in [1.29, 1.82) is 0 Å². The molecule has 0 aliphatic carbocycles. The Kier molecular flexibility index (Phi) is 5.95. The van der Waals surface area contributed by atoms with Gasteiger partial charge in [0.05, 0.1) is 5.75 Å². The molecule has 2 N–H and O–H groups in total. The van der Waals surface area contributed by atoms with Crippen LogP contribution in [0.5, 0.6) is 0 Å². The highest BCUT2D eigenvalue weighted by atomic mass is 32.2. The van der Waals surface area contributed by atoms with Gasteiger partial charge in [-0.3, -0.25) is 4.79 Å². The fraction of sp³-hybridized carbons (Fsp3) is 0.579. The maximum absolute atomic E-state index is 13.1. The highest BCUT2D eigenvalue weighted by molar-refractivity contribution is 7.88. The smallest absolute Gasteiger partial charge is 0.317 e. The van der Waals surface area contributed by atoms with Crippen molar-refractivity contribution in [3.05, 3.63) is 35.9 Å². The molecule has 1 spiro atoms. The van der Waals surface area contributed by atoms with Crippen LogP contribution in [0.2, 0.25) is 0 Å². The second kappa shape index (κ2) is 8.08. The summed E-state index contributed by atoms with van der Waals surface area (Å²) >= 11 is 0. The van der Waals surface area contributed by atoms with Crippen molar-refractivity contribution < 1.29 is 18.0 Å². The molecule has 1 unspecified atom stereocenters. The molecule has 2 heterocycles. The minimum Gasteiger partial charge on any atom is -0.355 e. The van der Waals surface area contributed by atoms with E-state index in [9.17, 15) is 18.0 Å². The fourth-order valence-electron chi connectivity index (χ4n) is 3.82. The molecule has 2 fully saturated rings. The minimum atomic E-state index is -3.58. The third kappa shape index (κ3) is 4.82. The van der Waals surface area contributed by atoms with Crippen LogP contribution in [0.3, 0.4) is 0 Å². The van der Waals surface area contributed by atoms with Gasteiger partial charge in [-0.25, -0.2) is 13.2 Å². The Balaban J connectivity index is 1.83. The van der Waals surface area contributed by atoms with E-state index >= 15 is 0 Å². The number of nitrogens with zero attached hydrogens (tertiary/aromatic N) is 2. The van der Waals surface area contributed by atoms with E-state index in [4.69, 9.17) is 0 Å². The lowest BCUT2D eigenvalue weighted by atomic mass is 9.86. The van der Waals surface area contributed by atoms with Gasteiger partial charge >= 0.3 is 6.03 Å². The number of hydrogen-bond acceptors (Lipinski definition) is 4. The predicted molar refractivity (Wildman–Crippen MR) is 106 cm³/mol. The van der Waals surface area contributed by atoms with E-state index in [1.54, 1.807) is 17.0 Å². The molecule has 28 heavy (non-hydrogen) atoms. The first kappa shape index (κ1) is 20.6. The number of urea groups is 1. The molecule has 0 aromatic heterocycles. The normalized spacial score (nSPS) is 23.7. The molecule has 0 saturated carbocycles. The third-order valence-electron chi connectivity index (χ3n) is 5.14. The Hall–Kier alpha value is -2.13. The number of carbonyl (C=O) groups is 2. The van der Waals surface area contributed by atoms with Crippen LogP contribution in [0.4, 0.5) is 4.79 Å². The lowest BCUT2D eigenvalue weighted by Gasteiger charge is -2.32. The zero-order valence-corrected chi connectivity index (χ0v) is 17.2. The average molecular weight is 409 g/mol. The molecule has 1 aromatic rings. The molecule has 1 aromatic carbocycles. The van der Waals surface area contributed by atoms with Gasteiger partial charge in [0.1, 0.15) is 0 Å². The number of nitrogens with one attached hydrogen (secondary N) is 2. The Morgan fingerprint density at radius 1 is 1.21 bits per heavy atom. The zero-order chi connectivity index (χ0) is 20.4. The number of benzene rings is 1. The molecular weight excluding hydrogens is 380 g/mol. The number of amides is 3. The summed E-state index contributed by atoms with van der Waals surface area (Å²) in [6.07, 6.45) is 0.218. The first-order valence-corrected chi connectivity index (χ1v) is 11.1.